The molecule has 3 aromatic rings. The van der Waals surface area contributed by atoms with Crippen molar-refractivity contribution in [2.45, 2.75) is 44.8 Å². The average molecular weight is 448 g/mol. The minimum absolute atomic E-state index is 0.0188. The number of piperazine rings is 1. The molecule has 0 radical (unpaired) electrons. The number of ether oxygens (including phenoxy) is 2. The summed E-state index contributed by atoms with van der Waals surface area (Å²) >= 11 is 0. The molecular formula is C26H29N3O4. The summed E-state index contributed by atoms with van der Waals surface area (Å²) in [4.78, 5) is 34.3. The average Bonchev–Trinajstić information content (AvgIpc) is 3.22. The minimum Gasteiger partial charge on any atom is -0.493 e. The Bertz CT molecular complexity index is 1230. The molecule has 3 heterocycles. The van der Waals surface area contributed by atoms with Gasteiger partial charge in [-0.3, -0.25) is 9.59 Å². The summed E-state index contributed by atoms with van der Waals surface area (Å²) < 4.78 is 11.0. The highest BCUT2D eigenvalue weighted by molar-refractivity contribution is 5.97. The van der Waals surface area contributed by atoms with Crippen LogP contribution in [0.5, 0.6) is 11.5 Å². The smallest absolute Gasteiger partial charge is 0.246 e. The van der Waals surface area contributed by atoms with Crippen molar-refractivity contribution in [1.82, 2.24) is 14.8 Å². The summed E-state index contributed by atoms with van der Waals surface area (Å²) in [5, 5.41) is 1.10. The van der Waals surface area contributed by atoms with Crippen molar-refractivity contribution in [3.8, 4) is 11.5 Å². The second-order valence-corrected chi connectivity index (χ2v) is 8.82. The molecule has 0 unspecified atom stereocenters. The van der Waals surface area contributed by atoms with Crippen molar-refractivity contribution in [1.29, 1.82) is 0 Å². The van der Waals surface area contributed by atoms with Crippen molar-refractivity contribution in [3.63, 3.8) is 0 Å². The Morgan fingerprint density at radius 1 is 1.09 bits per heavy atom. The first-order chi connectivity index (χ1) is 16.0. The molecule has 0 spiro atoms. The van der Waals surface area contributed by atoms with E-state index in [0.717, 1.165) is 34.1 Å². The minimum atomic E-state index is -0.537. The van der Waals surface area contributed by atoms with Crippen LogP contribution in [0.25, 0.3) is 10.9 Å². The topological polar surface area (TPSA) is 74.9 Å². The Morgan fingerprint density at radius 2 is 1.85 bits per heavy atom. The molecule has 1 aromatic heterocycles. The number of aromatic amines is 1. The van der Waals surface area contributed by atoms with E-state index in [2.05, 4.69) is 11.1 Å². The number of rotatable bonds is 5. The van der Waals surface area contributed by atoms with Gasteiger partial charge in [-0.15, -0.1) is 0 Å². The molecule has 172 valence electrons. The van der Waals surface area contributed by atoms with Crippen LogP contribution in [0.15, 0.2) is 42.5 Å². The number of methoxy groups -OCH3 is 2. The van der Waals surface area contributed by atoms with Crippen molar-refractivity contribution in [2.75, 3.05) is 20.8 Å². The molecule has 2 amide bonds. The Kier molecular flexibility index (Phi) is 5.27. The summed E-state index contributed by atoms with van der Waals surface area (Å²) in [5.41, 5.74) is 3.94. The molecule has 7 heteroatoms. The molecule has 33 heavy (non-hydrogen) atoms. The summed E-state index contributed by atoms with van der Waals surface area (Å²) in [7, 11) is 3.19. The van der Waals surface area contributed by atoms with E-state index in [1.807, 2.05) is 50.2 Å². The Morgan fingerprint density at radius 3 is 2.58 bits per heavy atom. The standard InChI is InChI=1S/C26H29N3O4/c1-5-15(2)28-14-23(30)29-20(26(28)31)13-18-17-8-6-7-9-19(17)27-24(18)25(29)16-10-11-21(32-3)22(12-16)33-4/h6-12,15,20,25,27H,5,13-14H2,1-4H3/t15-,20+,25-/m1/s1. The highest BCUT2D eigenvalue weighted by atomic mass is 16.5. The lowest BCUT2D eigenvalue weighted by Crippen LogP contribution is -2.64. The van der Waals surface area contributed by atoms with Crippen LogP contribution in [-0.4, -0.2) is 59.4 Å². The maximum atomic E-state index is 13.7. The predicted octanol–water partition coefficient (Wildman–Crippen LogP) is 3.67. The maximum Gasteiger partial charge on any atom is 0.246 e. The lowest BCUT2D eigenvalue weighted by molar-refractivity contribution is -0.160. The highest BCUT2D eigenvalue weighted by Crippen LogP contribution is 2.44. The molecule has 1 fully saturated rings. The van der Waals surface area contributed by atoms with Gasteiger partial charge in [0.1, 0.15) is 12.6 Å². The molecule has 2 aliphatic heterocycles. The van der Waals surface area contributed by atoms with Crippen molar-refractivity contribution in [3.05, 3.63) is 59.3 Å². The number of carbonyl (C=O) groups is 2. The quantitative estimate of drug-likeness (QED) is 0.648. The van der Waals surface area contributed by atoms with Crippen LogP contribution in [0.1, 0.15) is 43.1 Å². The van der Waals surface area contributed by atoms with Crippen LogP contribution >= 0.6 is 0 Å². The van der Waals surface area contributed by atoms with Gasteiger partial charge in [0.25, 0.3) is 0 Å². The number of fused-ring (bicyclic) bond motifs is 4. The lowest BCUT2D eigenvalue weighted by Gasteiger charge is -2.48. The zero-order chi connectivity index (χ0) is 23.3. The summed E-state index contributed by atoms with van der Waals surface area (Å²) in [6, 6.07) is 12.9. The SMILES string of the molecule is CC[C@@H](C)N1CC(=O)N2[C@H](c3ccc(OC)c(OC)c3)c3[nH]c4ccccc4c3C[C@H]2C1=O. The fourth-order valence-electron chi connectivity index (χ4n) is 5.25. The summed E-state index contributed by atoms with van der Waals surface area (Å²) in [5.74, 6) is 1.19. The van der Waals surface area contributed by atoms with Crippen LogP contribution in [-0.2, 0) is 16.0 Å². The van der Waals surface area contributed by atoms with E-state index in [4.69, 9.17) is 9.47 Å². The maximum absolute atomic E-state index is 13.7. The van der Waals surface area contributed by atoms with Crippen molar-refractivity contribution >= 4 is 22.7 Å². The van der Waals surface area contributed by atoms with E-state index < -0.39 is 12.1 Å². The number of H-pyrrole nitrogens is 1. The zero-order valence-corrected chi connectivity index (χ0v) is 19.4. The van der Waals surface area contributed by atoms with Gasteiger partial charge in [0.05, 0.1) is 20.3 Å². The van der Waals surface area contributed by atoms with Gasteiger partial charge in [0, 0.05) is 29.1 Å². The molecule has 0 aliphatic carbocycles. The second kappa shape index (κ2) is 8.14. The van der Waals surface area contributed by atoms with Gasteiger partial charge >= 0.3 is 0 Å². The molecule has 7 nitrogen and oxygen atoms in total. The Hall–Kier alpha value is -3.48. The van der Waals surface area contributed by atoms with Crippen molar-refractivity contribution < 1.29 is 19.1 Å². The van der Waals surface area contributed by atoms with Gasteiger partial charge in [-0.1, -0.05) is 31.2 Å². The fourth-order valence-corrected chi connectivity index (χ4v) is 5.25. The van der Waals surface area contributed by atoms with Crippen molar-refractivity contribution in [2.24, 2.45) is 0 Å². The van der Waals surface area contributed by atoms with Crippen LogP contribution in [0.2, 0.25) is 0 Å². The number of para-hydroxylation sites is 1. The molecule has 1 N–H and O–H groups in total. The Labute approximate surface area is 193 Å². The number of benzene rings is 2. The van der Waals surface area contributed by atoms with Gasteiger partial charge in [-0.05, 0) is 42.7 Å². The number of aromatic nitrogens is 1. The third-order valence-corrected chi connectivity index (χ3v) is 7.14. The first kappa shape index (κ1) is 21.4. The van der Waals surface area contributed by atoms with Gasteiger partial charge in [0.2, 0.25) is 11.8 Å². The largest absolute Gasteiger partial charge is 0.493 e. The van der Waals surface area contributed by atoms with Gasteiger partial charge < -0.3 is 24.3 Å². The summed E-state index contributed by atoms with van der Waals surface area (Å²) in [6.45, 7) is 4.15. The van der Waals surface area contributed by atoms with Gasteiger partial charge in [-0.2, -0.15) is 0 Å². The van der Waals surface area contributed by atoms with E-state index in [1.165, 1.54) is 0 Å². The number of nitrogens with one attached hydrogen (secondary N) is 1. The van der Waals surface area contributed by atoms with Crippen LogP contribution in [0.3, 0.4) is 0 Å². The molecule has 2 aromatic carbocycles. The van der Waals surface area contributed by atoms with Gasteiger partial charge in [-0.25, -0.2) is 0 Å². The van der Waals surface area contributed by atoms with E-state index >= 15 is 0 Å². The molecule has 0 bridgehead atoms. The highest BCUT2D eigenvalue weighted by Gasteiger charge is 2.49. The van der Waals surface area contributed by atoms with E-state index in [9.17, 15) is 9.59 Å². The molecule has 2 aliphatic rings. The first-order valence-corrected chi connectivity index (χ1v) is 11.4. The van der Waals surface area contributed by atoms with Gasteiger partial charge in [0.15, 0.2) is 11.5 Å². The predicted molar refractivity (Wildman–Crippen MR) is 125 cm³/mol. The molecule has 0 saturated carbocycles. The van der Waals surface area contributed by atoms with Crippen LogP contribution in [0, 0.1) is 0 Å². The monoisotopic (exact) mass is 447 g/mol. The first-order valence-electron chi connectivity index (χ1n) is 11.4. The number of nitrogens with zero attached hydrogens (tertiary/aromatic N) is 2. The van der Waals surface area contributed by atoms with E-state index in [0.29, 0.717) is 17.9 Å². The molecule has 3 atom stereocenters. The molecule has 1 saturated heterocycles. The van der Waals surface area contributed by atoms with E-state index in [-0.39, 0.29) is 24.4 Å². The van der Waals surface area contributed by atoms with E-state index in [1.54, 1.807) is 24.0 Å². The third-order valence-electron chi connectivity index (χ3n) is 7.14. The number of hydrogen-bond donors (Lipinski definition) is 1. The van der Waals surface area contributed by atoms with Crippen LogP contribution in [0.4, 0.5) is 0 Å². The lowest BCUT2D eigenvalue weighted by atomic mass is 9.85. The number of amides is 2. The third kappa shape index (κ3) is 3.25. The second-order valence-electron chi connectivity index (χ2n) is 8.82. The number of carbonyl (C=O) groups excluding carboxylic acids is 2. The molecule has 5 rings (SSSR count). The normalized spacial score (nSPS) is 21.1. The van der Waals surface area contributed by atoms with Crippen LogP contribution < -0.4 is 9.47 Å². The zero-order valence-electron chi connectivity index (χ0n) is 19.4. The Balaban J connectivity index is 1.70. The number of hydrogen-bond acceptors (Lipinski definition) is 4. The fraction of sp³-hybridized carbons (Fsp3) is 0.385. The summed E-state index contributed by atoms with van der Waals surface area (Å²) in [6.07, 6.45) is 1.31. The molecular weight excluding hydrogens is 418 g/mol.